The Labute approximate surface area is 112 Å². The highest BCUT2D eigenvalue weighted by Gasteiger charge is 1.99. The summed E-state index contributed by atoms with van der Waals surface area (Å²) in [5.74, 6) is 0.971. The molecule has 0 atom stereocenters. The number of nitrogens with one attached hydrogen (secondary N) is 2. The van der Waals surface area contributed by atoms with Crippen LogP contribution >= 0.6 is 0 Å². The molecule has 1 aromatic carbocycles. The summed E-state index contributed by atoms with van der Waals surface area (Å²) in [7, 11) is -1.59. The SMILES string of the molecule is COc1ccc(NC(N)=NCCNS(C)(=O)=O)cc1. The molecule has 8 heteroatoms. The van der Waals surface area contributed by atoms with Crippen LogP contribution in [0.1, 0.15) is 0 Å². The number of ether oxygens (including phenoxy) is 1. The lowest BCUT2D eigenvalue weighted by Gasteiger charge is -2.06. The molecule has 106 valence electrons. The third-order valence-corrected chi connectivity index (χ3v) is 2.85. The van der Waals surface area contributed by atoms with Gasteiger partial charge in [0.05, 0.1) is 19.9 Å². The van der Waals surface area contributed by atoms with Crippen LogP contribution in [-0.4, -0.2) is 40.8 Å². The van der Waals surface area contributed by atoms with Gasteiger partial charge in [0.1, 0.15) is 5.75 Å². The molecule has 0 amide bonds. The van der Waals surface area contributed by atoms with Gasteiger partial charge in [-0.1, -0.05) is 0 Å². The van der Waals surface area contributed by atoms with Crippen LogP contribution in [0.25, 0.3) is 0 Å². The molecule has 0 aliphatic heterocycles. The summed E-state index contributed by atoms with van der Waals surface area (Å²) in [5, 5.41) is 2.89. The summed E-state index contributed by atoms with van der Waals surface area (Å²) >= 11 is 0. The summed E-state index contributed by atoms with van der Waals surface area (Å²) in [4.78, 5) is 3.99. The van der Waals surface area contributed by atoms with E-state index >= 15 is 0 Å². The molecular formula is C11H18N4O3S. The second-order valence-electron chi connectivity index (χ2n) is 3.79. The number of nitrogens with two attached hydrogens (primary N) is 1. The second kappa shape index (κ2) is 6.95. The topological polar surface area (TPSA) is 106 Å². The molecule has 0 bridgehead atoms. The number of nitrogens with zero attached hydrogens (tertiary/aromatic N) is 1. The number of benzene rings is 1. The minimum Gasteiger partial charge on any atom is -0.497 e. The molecule has 1 aromatic rings. The Balaban J connectivity index is 2.42. The molecule has 0 saturated carbocycles. The first-order valence-corrected chi connectivity index (χ1v) is 7.45. The van der Waals surface area contributed by atoms with E-state index in [4.69, 9.17) is 10.5 Å². The Morgan fingerprint density at radius 2 is 2.00 bits per heavy atom. The van der Waals surface area contributed by atoms with Gasteiger partial charge in [-0.05, 0) is 24.3 Å². The van der Waals surface area contributed by atoms with Crippen molar-refractivity contribution in [2.45, 2.75) is 0 Å². The summed E-state index contributed by atoms with van der Waals surface area (Å²) in [5.41, 5.74) is 6.43. The van der Waals surface area contributed by atoms with Crippen molar-refractivity contribution in [3.8, 4) is 5.75 Å². The van der Waals surface area contributed by atoms with Crippen molar-refractivity contribution in [2.75, 3.05) is 31.8 Å². The van der Waals surface area contributed by atoms with Gasteiger partial charge in [0.15, 0.2) is 5.96 Å². The summed E-state index contributed by atoms with van der Waals surface area (Å²) in [6.45, 7) is 0.478. The standard InChI is InChI=1S/C11H18N4O3S/c1-18-10-5-3-9(4-6-10)15-11(12)13-7-8-14-19(2,16)17/h3-6,14H,7-8H2,1-2H3,(H3,12,13,15). The quantitative estimate of drug-likeness (QED) is 0.387. The second-order valence-corrected chi connectivity index (χ2v) is 5.62. The minimum absolute atomic E-state index is 0.212. The number of guanidine groups is 1. The van der Waals surface area contributed by atoms with Crippen molar-refractivity contribution >= 4 is 21.7 Å². The number of hydrogen-bond donors (Lipinski definition) is 3. The molecule has 0 fully saturated rings. The van der Waals surface area contributed by atoms with E-state index in [1.54, 1.807) is 31.4 Å². The number of sulfonamides is 1. The van der Waals surface area contributed by atoms with Crippen LogP contribution in [0, 0.1) is 0 Å². The maximum Gasteiger partial charge on any atom is 0.208 e. The maximum absolute atomic E-state index is 10.8. The maximum atomic E-state index is 10.8. The lowest BCUT2D eigenvalue weighted by atomic mass is 10.3. The van der Waals surface area contributed by atoms with Gasteiger partial charge in [0.2, 0.25) is 10.0 Å². The zero-order valence-corrected chi connectivity index (χ0v) is 11.7. The summed E-state index contributed by atoms with van der Waals surface area (Å²) < 4.78 is 29.0. The Morgan fingerprint density at radius 1 is 1.37 bits per heavy atom. The molecule has 7 nitrogen and oxygen atoms in total. The van der Waals surface area contributed by atoms with Gasteiger partial charge >= 0.3 is 0 Å². The van der Waals surface area contributed by atoms with Gasteiger partial charge in [-0.25, -0.2) is 13.1 Å². The number of aliphatic imine (C=N–C) groups is 1. The van der Waals surface area contributed by atoms with Gasteiger partial charge in [0, 0.05) is 12.2 Å². The average molecular weight is 286 g/mol. The fourth-order valence-electron chi connectivity index (χ4n) is 1.27. The molecule has 1 rings (SSSR count). The molecular weight excluding hydrogens is 268 g/mol. The van der Waals surface area contributed by atoms with E-state index in [9.17, 15) is 8.42 Å². The highest BCUT2D eigenvalue weighted by molar-refractivity contribution is 7.88. The van der Waals surface area contributed by atoms with Crippen molar-refractivity contribution in [1.82, 2.24) is 4.72 Å². The summed E-state index contributed by atoms with van der Waals surface area (Å²) in [6, 6.07) is 7.19. The van der Waals surface area contributed by atoms with Crippen LogP contribution in [0.5, 0.6) is 5.75 Å². The number of anilines is 1. The van der Waals surface area contributed by atoms with Crippen molar-refractivity contribution in [1.29, 1.82) is 0 Å². The van der Waals surface area contributed by atoms with Crippen molar-refractivity contribution in [3.63, 3.8) is 0 Å². The van der Waals surface area contributed by atoms with Crippen molar-refractivity contribution in [2.24, 2.45) is 10.7 Å². The highest BCUT2D eigenvalue weighted by Crippen LogP contribution is 2.14. The average Bonchev–Trinajstić information content (AvgIpc) is 2.34. The minimum atomic E-state index is -3.18. The first-order valence-electron chi connectivity index (χ1n) is 5.56. The van der Waals surface area contributed by atoms with Crippen LogP contribution in [0.3, 0.4) is 0 Å². The van der Waals surface area contributed by atoms with Crippen LogP contribution in [0.15, 0.2) is 29.3 Å². The lowest BCUT2D eigenvalue weighted by molar-refractivity contribution is 0.415. The summed E-state index contributed by atoms with van der Waals surface area (Å²) in [6.07, 6.45) is 1.09. The van der Waals surface area contributed by atoms with Gasteiger partial charge in [-0.15, -0.1) is 0 Å². The van der Waals surface area contributed by atoms with Crippen molar-refractivity contribution in [3.05, 3.63) is 24.3 Å². The van der Waals surface area contributed by atoms with Gasteiger partial charge in [0.25, 0.3) is 0 Å². The smallest absolute Gasteiger partial charge is 0.208 e. The van der Waals surface area contributed by atoms with E-state index in [0.717, 1.165) is 17.7 Å². The largest absolute Gasteiger partial charge is 0.497 e. The zero-order chi connectivity index (χ0) is 14.3. The fraction of sp³-hybridized carbons (Fsp3) is 0.364. The monoisotopic (exact) mass is 286 g/mol. The molecule has 0 aliphatic rings. The molecule has 0 radical (unpaired) electrons. The van der Waals surface area contributed by atoms with Crippen LogP contribution < -0.4 is 20.5 Å². The Hall–Kier alpha value is -1.80. The fourth-order valence-corrected chi connectivity index (χ4v) is 1.73. The van der Waals surface area contributed by atoms with E-state index in [1.165, 1.54) is 0 Å². The van der Waals surface area contributed by atoms with Gasteiger partial charge < -0.3 is 15.8 Å². The van der Waals surface area contributed by atoms with Crippen molar-refractivity contribution < 1.29 is 13.2 Å². The molecule has 0 heterocycles. The Morgan fingerprint density at radius 3 is 2.53 bits per heavy atom. The van der Waals surface area contributed by atoms with Gasteiger partial charge in [-0.3, -0.25) is 4.99 Å². The predicted octanol–water partition coefficient (Wildman–Crippen LogP) is -0.0290. The number of methoxy groups -OCH3 is 1. The van der Waals surface area contributed by atoms with E-state index in [-0.39, 0.29) is 19.0 Å². The zero-order valence-electron chi connectivity index (χ0n) is 10.9. The number of hydrogen-bond acceptors (Lipinski definition) is 4. The predicted molar refractivity (Wildman–Crippen MR) is 76.0 cm³/mol. The lowest BCUT2D eigenvalue weighted by Crippen LogP contribution is -2.27. The van der Waals surface area contributed by atoms with E-state index in [0.29, 0.717) is 0 Å². The third-order valence-electron chi connectivity index (χ3n) is 2.12. The molecule has 0 saturated heterocycles. The normalized spacial score (nSPS) is 12.2. The van der Waals surface area contributed by atoms with Crippen LogP contribution in [0.4, 0.5) is 5.69 Å². The molecule has 0 unspecified atom stereocenters. The van der Waals surface area contributed by atoms with E-state index in [1.807, 2.05) is 0 Å². The molecule has 4 N–H and O–H groups in total. The first-order chi connectivity index (χ1) is 8.90. The van der Waals surface area contributed by atoms with Crippen LogP contribution in [-0.2, 0) is 10.0 Å². The molecule has 0 aromatic heterocycles. The first kappa shape index (κ1) is 15.3. The molecule has 0 aliphatic carbocycles. The van der Waals surface area contributed by atoms with E-state index in [2.05, 4.69) is 15.0 Å². The highest BCUT2D eigenvalue weighted by atomic mass is 32.2. The third kappa shape index (κ3) is 6.63. The van der Waals surface area contributed by atoms with Gasteiger partial charge in [-0.2, -0.15) is 0 Å². The number of rotatable bonds is 6. The molecule has 19 heavy (non-hydrogen) atoms. The van der Waals surface area contributed by atoms with Crippen LogP contribution in [0.2, 0.25) is 0 Å². The molecule has 0 spiro atoms. The Bertz CT molecular complexity index is 525. The van der Waals surface area contributed by atoms with E-state index < -0.39 is 10.0 Å². The Kier molecular flexibility index (Phi) is 5.58.